The van der Waals surface area contributed by atoms with E-state index in [9.17, 15) is 14.4 Å². The second-order valence-electron chi connectivity index (χ2n) is 7.61. The summed E-state index contributed by atoms with van der Waals surface area (Å²) in [6.07, 6.45) is 6.87. The molecule has 1 aliphatic heterocycles. The molecule has 4 amide bonds. The van der Waals surface area contributed by atoms with Crippen LogP contribution >= 0.6 is 15.9 Å². The lowest BCUT2D eigenvalue weighted by molar-refractivity contribution is -0.136. The molecule has 1 aromatic heterocycles. The predicted molar refractivity (Wildman–Crippen MR) is 111 cm³/mol. The first-order chi connectivity index (χ1) is 13.9. The van der Waals surface area contributed by atoms with Gasteiger partial charge in [-0.3, -0.25) is 14.5 Å². The van der Waals surface area contributed by atoms with Crippen LogP contribution < -0.4 is 10.6 Å². The third kappa shape index (κ3) is 3.55. The summed E-state index contributed by atoms with van der Waals surface area (Å²) in [5.41, 5.74) is 0.358. The number of hydrogen-bond donors (Lipinski definition) is 2. The molecule has 1 aliphatic carbocycles. The van der Waals surface area contributed by atoms with Crippen LogP contribution in [0.2, 0.25) is 0 Å². The molecule has 2 aromatic rings. The predicted octanol–water partition coefficient (Wildman–Crippen LogP) is 3.07. The number of anilines is 1. The van der Waals surface area contributed by atoms with Crippen molar-refractivity contribution in [3.63, 3.8) is 0 Å². The molecule has 1 saturated heterocycles. The number of carbonyl (C=O) groups is 3. The lowest BCUT2D eigenvalue weighted by Gasteiger charge is -2.36. The Labute approximate surface area is 176 Å². The zero-order chi connectivity index (χ0) is 20.6. The Morgan fingerprint density at radius 1 is 1.34 bits per heavy atom. The van der Waals surface area contributed by atoms with Crippen molar-refractivity contribution in [2.24, 2.45) is 5.92 Å². The number of para-hydroxylation sites is 2. The van der Waals surface area contributed by atoms with Crippen molar-refractivity contribution < 1.29 is 14.4 Å². The summed E-state index contributed by atoms with van der Waals surface area (Å²) < 4.78 is 2.44. The summed E-state index contributed by atoms with van der Waals surface area (Å²) in [5.74, 6) is -0.679. The van der Waals surface area contributed by atoms with Gasteiger partial charge in [-0.1, -0.05) is 31.9 Å². The smallest absolute Gasteiger partial charge is 0.323 e. The van der Waals surface area contributed by atoms with Crippen molar-refractivity contribution in [1.29, 1.82) is 0 Å². The molecule has 8 nitrogen and oxygen atoms in total. The van der Waals surface area contributed by atoms with Gasteiger partial charge in [-0.05, 0) is 46.8 Å². The molecule has 2 atom stereocenters. The highest BCUT2D eigenvalue weighted by atomic mass is 79.9. The summed E-state index contributed by atoms with van der Waals surface area (Å²) in [5, 5.41) is 9.90. The summed E-state index contributed by atoms with van der Waals surface area (Å²) >= 11 is 3.36. The molecular formula is C20H22BrN5O3. The zero-order valence-electron chi connectivity index (χ0n) is 16.0. The van der Waals surface area contributed by atoms with Crippen LogP contribution in [-0.2, 0) is 9.59 Å². The van der Waals surface area contributed by atoms with E-state index in [4.69, 9.17) is 0 Å². The van der Waals surface area contributed by atoms with Crippen molar-refractivity contribution >= 4 is 39.5 Å². The molecule has 2 fully saturated rings. The number of rotatable bonds is 4. The van der Waals surface area contributed by atoms with Gasteiger partial charge in [0.25, 0.3) is 5.91 Å². The number of nitrogens with one attached hydrogen (secondary N) is 2. The highest BCUT2D eigenvalue weighted by molar-refractivity contribution is 9.10. The van der Waals surface area contributed by atoms with Crippen LogP contribution in [0.4, 0.5) is 10.5 Å². The maximum atomic E-state index is 13.0. The fourth-order valence-corrected chi connectivity index (χ4v) is 4.47. The number of benzene rings is 1. The first-order valence-corrected chi connectivity index (χ1v) is 10.4. The summed E-state index contributed by atoms with van der Waals surface area (Å²) in [4.78, 5) is 39.2. The minimum atomic E-state index is -0.866. The molecule has 152 valence electrons. The molecule has 0 bridgehead atoms. The molecular weight excluding hydrogens is 438 g/mol. The second kappa shape index (κ2) is 7.62. The zero-order valence-corrected chi connectivity index (χ0v) is 17.6. The first-order valence-electron chi connectivity index (χ1n) is 9.64. The minimum absolute atomic E-state index is 0.0553. The Hall–Kier alpha value is -2.68. The van der Waals surface area contributed by atoms with Gasteiger partial charge in [0.2, 0.25) is 5.91 Å². The minimum Gasteiger partial charge on any atom is -0.323 e. The van der Waals surface area contributed by atoms with Crippen LogP contribution in [0, 0.1) is 5.92 Å². The number of halogens is 1. The van der Waals surface area contributed by atoms with Crippen molar-refractivity contribution in [3.8, 4) is 5.69 Å². The average Bonchev–Trinajstić information content (AvgIpc) is 3.22. The third-order valence-corrected chi connectivity index (χ3v) is 6.19. The molecule has 29 heavy (non-hydrogen) atoms. The number of imide groups is 1. The van der Waals surface area contributed by atoms with Crippen molar-refractivity contribution in [1.82, 2.24) is 20.0 Å². The summed E-state index contributed by atoms with van der Waals surface area (Å²) in [7, 11) is 0. The lowest BCUT2D eigenvalue weighted by atomic mass is 9.73. The van der Waals surface area contributed by atoms with Crippen molar-refractivity contribution in [2.75, 3.05) is 11.9 Å². The van der Waals surface area contributed by atoms with E-state index in [0.717, 1.165) is 28.6 Å². The number of amides is 4. The molecule has 9 heteroatoms. The monoisotopic (exact) mass is 459 g/mol. The van der Waals surface area contributed by atoms with E-state index in [2.05, 4.69) is 31.7 Å². The van der Waals surface area contributed by atoms with Gasteiger partial charge in [-0.25, -0.2) is 9.48 Å². The summed E-state index contributed by atoms with van der Waals surface area (Å²) in [6.45, 7) is 1.66. The highest BCUT2D eigenvalue weighted by Crippen LogP contribution is 2.38. The van der Waals surface area contributed by atoms with E-state index in [1.807, 2.05) is 19.1 Å². The van der Waals surface area contributed by atoms with Crippen LogP contribution in [0.25, 0.3) is 5.69 Å². The van der Waals surface area contributed by atoms with Gasteiger partial charge in [0.15, 0.2) is 0 Å². The molecule has 1 saturated carbocycles. The number of hydrogen-bond acceptors (Lipinski definition) is 4. The van der Waals surface area contributed by atoms with Crippen molar-refractivity contribution in [3.05, 3.63) is 41.1 Å². The van der Waals surface area contributed by atoms with Gasteiger partial charge < -0.3 is 10.6 Å². The third-order valence-electron chi connectivity index (χ3n) is 5.78. The maximum absolute atomic E-state index is 13.0. The Kier molecular flexibility index (Phi) is 5.16. The van der Waals surface area contributed by atoms with E-state index in [0.29, 0.717) is 17.8 Å². The maximum Gasteiger partial charge on any atom is 0.325 e. The van der Waals surface area contributed by atoms with E-state index < -0.39 is 17.5 Å². The van der Waals surface area contributed by atoms with Gasteiger partial charge in [-0.15, -0.1) is 0 Å². The van der Waals surface area contributed by atoms with Crippen LogP contribution in [0.3, 0.4) is 0 Å². The largest absolute Gasteiger partial charge is 0.325 e. The van der Waals surface area contributed by atoms with Gasteiger partial charge in [0.05, 0.1) is 22.0 Å². The highest BCUT2D eigenvalue weighted by Gasteiger charge is 2.55. The molecule has 1 aromatic carbocycles. The van der Waals surface area contributed by atoms with Gasteiger partial charge in [-0.2, -0.15) is 5.10 Å². The van der Waals surface area contributed by atoms with Crippen LogP contribution in [0.5, 0.6) is 0 Å². The average molecular weight is 460 g/mol. The van der Waals surface area contributed by atoms with Gasteiger partial charge in [0, 0.05) is 6.20 Å². The fraction of sp³-hybridized carbons (Fsp3) is 0.400. The van der Waals surface area contributed by atoms with E-state index in [1.165, 1.54) is 0 Å². The topological polar surface area (TPSA) is 96.3 Å². The molecule has 2 heterocycles. The quantitative estimate of drug-likeness (QED) is 0.686. The number of carbonyl (C=O) groups excluding carboxylic acids is 3. The fourth-order valence-electron chi connectivity index (χ4n) is 4.18. The Morgan fingerprint density at radius 2 is 2.14 bits per heavy atom. The molecule has 2 aliphatic rings. The van der Waals surface area contributed by atoms with Crippen LogP contribution in [0.1, 0.15) is 32.6 Å². The van der Waals surface area contributed by atoms with Crippen LogP contribution in [-0.4, -0.2) is 44.6 Å². The summed E-state index contributed by atoms with van der Waals surface area (Å²) in [6, 6.07) is 6.71. The Balaban J connectivity index is 1.50. The molecule has 2 N–H and O–H groups in total. The van der Waals surface area contributed by atoms with E-state index in [-0.39, 0.29) is 18.4 Å². The number of nitrogens with zero attached hydrogens (tertiary/aromatic N) is 3. The van der Waals surface area contributed by atoms with E-state index >= 15 is 0 Å². The molecule has 4 rings (SSSR count). The number of urea groups is 1. The van der Waals surface area contributed by atoms with Gasteiger partial charge >= 0.3 is 6.03 Å². The Bertz CT molecular complexity index is 975. The Morgan fingerprint density at radius 3 is 2.86 bits per heavy atom. The second-order valence-corrected chi connectivity index (χ2v) is 8.52. The normalized spacial score (nSPS) is 24.1. The molecule has 0 radical (unpaired) electrons. The number of aromatic nitrogens is 2. The van der Waals surface area contributed by atoms with E-state index in [1.54, 1.807) is 29.2 Å². The van der Waals surface area contributed by atoms with Crippen molar-refractivity contribution in [2.45, 2.75) is 38.1 Å². The lowest BCUT2D eigenvalue weighted by Crippen LogP contribution is -2.54. The van der Waals surface area contributed by atoms with Gasteiger partial charge in [0.1, 0.15) is 12.1 Å². The first kappa shape index (κ1) is 19.6. The SMILES string of the molecule is CC1CCCCC12NC(=O)N(CC(=O)Nc1ccccc1-n1cc(Br)cn1)C2=O. The standard InChI is InChI=1S/C20H22BrN5O3/c1-13-6-4-5-9-20(13)18(28)25(19(29)24-20)12-17(27)23-15-7-2-3-8-16(15)26-11-14(21)10-22-26/h2-3,7-8,10-11,13H,4-6,9,12H2,1H3,(H,23,27)(H,24,29). The molecule has 2 unspecified atom stereocenters. The molecule has 1 spiro atoms. The van der Waals surface area contributed by atoms with Crippen LogP contribution in [0.15, 0.2) is 41.1 Å².